The summed E-state index contributed by atoms with van der Waals surface area (Å²) in [4.78, 5) is 11.4. The third-order valence-corrected chi connectivity index (χ3v) is 2.26. The van der Waals surface area contributed by atoms with Crippen LogP contribution >= 0.6 is 11.6 Å². The van der Waals surface area contributed by atoms with Crippen molar-refractivity contribution in [3.63, 3.8) is 0 Å². The van der Waals surface area contributed by atoms with Crippen LogP contribution in [0.5, 0.6) is 0 Å². The van der Waals surface area contributed by atoms with Gasteiger partial charge in [-0.3, -0.25) is 4.79 Å². The molecule has 1 unspecified atom stereocenters. The molecule has 0 saturated heterocycles. The van der Waals surface area contributed by atoms with Crippen molar-refractivity contribution in [1.29, 1.82) is 0 Å². The maximum atomic E-state index is 13.2. The Hall–Kier alpha value is -1.13. The van der Waals surface area contributed by atoms with Gasteiger partial charge in [0.1, 0.15) is 5.82 Å². The third-order valence-electron chi connectivity index (χ3n) is 2.03. The van der Waals surface area contributed by atoms with Gasteiger partial charge in [-0.2, -0.15) is 0 Å². The van der Waals surface area contributed by atoms with Crippen LogP contribution in [0.25, 0.3) is 0 Å². The SMILES string of the molecule is CC(N)CCC(=O)Nc1cc(Cl)ccc1F. The first kappa shape index (κ1) is 12.9. The Morgan fingerprint density at radius 3 is 2.94 bits per heavy atom. The number of carbonyl (C=O) groups excluding carboxylic acids is 1. The zero-order valence-electron chi connectivity index (χ0n) is 8.97. The van der Waals surface area contributed by atoms with Gasteiger partial charge in [0.05, 0.1) is 5.69 Å². The molecule has 1 aromatic rings. The molecule has 0 radical (unpaired) electrons. The number of amides is 1. The molecule has 0 saturated carbocycles. The van der Waals surface area contributed by atoms with Gasteiger partial charge in [-0.1, -0.05) is 11.6 Å². The number of hydrogen-bond donors (Lipinski definition) is 2. The Balaban J connectivity index is 2.59. The lowest BCUT2D eigenvalue weighted by Crippen LogP contribution is -2.19. The van der Waals surface area contributed by atoms with E-state index >= 15 is 0 Å². The Labute approximate surface area is 98.8 Å². The predicted octanol–water partition coefficient (Wildman–Crippen LogP) is 2.55. The summed E-state index contributed by atoms with van der Waals surface area (Å²) in [6.45, 7) is 1.81. The minimum absolute atomic E-state index is 0.0463. The maximum absolute atomic E-state index is 13.2. The van der Waals surface area contributed by atoms with Crippen molar-refractivity contribution in [2.24, 2.45) is 5.73 Å². The van der Waals surface area contributed by atoms with Crippen LogP contribution in [-0.2, 0) is 4.79 Å². The molecule has 1 rings (SSSR count). The number of benzene rings is 1. The van der Waals surface area contributed by atoms with Gasteiger partial charge in [0.15, 0.2) is 0 Å². The van der Waals surface area contributed by atoms with E-state index in [9.17, 15) is 9.18 Å². The molecule has 5 heteroatoms. The fourth-order valence-corrected chi connectivity index (χ4v) is 1.34. The Morgan fingerprint density at radius 2 is 2.31 bits per heavy atom. The van der Waals surface area contributed by atoms with E-state index < -0.39 is 5.82 Å². The standard InChI is InChI=1S/C11H14ClFN2O/c1-7(14)2-5-11(16)15-10-6-8(12)3-4-9(10)13/h3-4,6-7H,2,5,14H2,1H3,(H,15,16). The molecule has 0 bridgehead atoms. The number of nitrogens with one attached hydrogen (secondary N) is 1. The number of rotatable bonds is 4. The highest BCUT2D eigenvalue weighted by atomic mass is 35.5. The van der Waals surface area contributed by atoms with Gasteiger partial charge in [-0.15, -0.1) is 0 Å². The van der Waals surface area contributed by atoms with Crippen LogP contribution in [-0.4, -0.2) is 11.9 Å². The van der Waals surface area contributed by atoms with Crippen molar-refractivity contribution in [3.05, 3.63) is 29.0 Å². The topological polar surface area (TPSA) is 55.1 Å². The zero-order chi connectivity index (χ0) is 12.1. The van der Waals surface area contributed by atoms with Crippen LogP contribution in [0, 0.1) is 5.82 Å². The fraction of sp³-hybridized carbons (Fsp3) is 0.364. The second-order valence-electron chi connectivity index (χ2n) is 3.69. The largest absolute Gasteiger partial charge is 0.328 e. The second-order valence-corrected chi connectivity index (χ2v) is 4.12. The summed E-state index contributed by atoms with van der Waals surface area (Å²) in [6.07, 6.45) is 0.831. The van der Waals surface area contributed by atoms with Gasteiger partial charge >= 0.3 is 0 Å². The summed E-state index contributed by atoms with van der Waals surface area (Å²) in [5.41, 5.74) is 5.61. The summed E-state index contributed by atoms with van der Waals surface area (Å²) in [6, 6.07) is 3.97. The monoisotopic (exact) mass is 244 g/mol. The molecule has 1 amide bonds. The Morgan fingerprint density at radius 1 is 1.62 bits per heavy atom. The molecule has 0 aliphatic carbocycles. The summed E-state index contributed by atoms with van der Waals surface area (Å²) in [5, 5.41) is 2.83. The van der Waals surface area contributed by atoms with E-state index in [-0.39, 0.29) is 24.1 Å². The lowest BCUT2D eigenvalue weighted by atomic mass is 10.2. The Bertz CT molecular complexity index is 382. The van der Waals surface area contributed by atoms with E-state index in [1.165, 1.54) is 18.2 Å². The summed E-state index contributed by atoms with van der Waals surface area (Å²) >= 11 is 5.69. The van der Waals surface area contributed by atoms with Crippen molar-refractivity contribution in [2.75, 3.05) is 5.32 Å². The van der Waals surface area contributed by atoms with Crippen molar-refractivity contribution >= 4 is 23.2 Å². The molecular formula is C11H14ClFN2O. The van der Waals surface area contributed by atoms with E-state index in [1.807, 2.05) is 6.92 Å². The average molecular weight is 245 g/mol. The van der Waals surface area contributed by atoms with Crippen LogP contribution < -0.4 is 11.1 Å². The minimum atomic E-state index is -0.501. The average Bonchev–Trinajstić information content (AvgIpc) is 2.20. The number of anilines is 1. The fourth-order valence-electron chi connectivity index (χ4n) is 1.16. The molecule has 3 N–H and O–H groups in total. The van der Waals surface area contributed by atoms with Gasteiger partial charge in [0.2, 0.25) is 5.91 Å². The van der Waals surface area contributed by atoms with E-state index in [0.717, 1.165) is 0 Å². The minimum Gasteiger partial charge on any atom is -0.328 e. The van der Waals surface area contributed by atoms with Gasteiger partial charge < -0.3 is 11.1 Å². The summed E-state index contributed by atoms with van der Waals surface area (Å²) < 4.78 is 13.2. The van der Waals surface area contributed by atoms with Gasteiger partial charge in [0.25, 0.3) is 0 Å². The molecule has 16 heavy (non-hydrogen) atoms. The predicted molar refractivity (Wildman–Crippen MR) is 62.9 cm³/mol. The first-order chi connectivity index (χ1) is 7.49. The molecular weight excluding hydrogens is 231 g/mol. The van der Waals surface area contributed by atoms with E-state index in [0.29, 0.717) is 11.4 Å². The van der Waals surface area contributed by atoms with E-state index in [1.54, 1.807) is 0 Å². The van der Waals surface area contributed by atoms with Crippen molar-refractivity contribution < 1.29 is 9.18 Å². The first-order valence-electron chi connectivity index (χ1n) is 4.99. The lowest BCUT2D eigenvalue weighted by molar-refractivity contribution is -0.116. The van der Waals surface area contributed by atoms with Crippen LogP contribution in [0.15, 0.2) is 18.2 Å². The van der Waals surface area contributed by atoms with Gasteiger partial charge in [-0.25, -0.2) is 4.39 Å². The smallest absolute Gasteiger partial charge is 0.224 e. The number of hydrogen-bond acceptors (Lipinski definition) is 2. The molecule has 0 aromatic heterocycles. The molecule has 3 nitrogen and oxygen atoms in total. The maximum Gasteiger partial charge on any atom is 0.224 e. The second kappa shape index (κ2) is 5.82. The molecule has 0 aliphatic rings. The third kappa shape index (κ3) is 4.16. The van der Waals surface area contributed by atoms with E-state index in [4.69, 9.17) is 17.3 Å². The highest BCUT2D eigenvalue weighted by Gasteiger charge is 2.08. The highest BCUT2D eigenvalue weighted by molar-refractivity contribution is 6.30. The van der Waals surface area contributed by atoms with Crippen molar-refractivity contribution in [1.82, 2.24) is 0 Å². The van der Waals surface area contributed by atoms with Crippen LogP contribution in [0.3, 0.4) is 0 Å². The molecule has 88 valence electrons. The first-order valence-corrected chi connectivity index (χ1v) is 5.37. The molecule has 0 spiro atoms. The summed E-state index contributed by atoms with van der Waals surface area (Å²) in [7, 11) is 0. The molecule has 1 aromatic carbocycles. The van der Waals surface area contributed by atoms with Gasteiger partial charge in [-0.05, 0) is 31.5 Å². The summed E-state index contributed by atoms with van der Waals surface area (Å²) in [5.74, 6) is -0.767. The molecule has 0 fully saturated rings. The van der Waals surface area contributed by atoms with Crippen LogP contribution in [0.4, 0.5) is 10.1 Å². The number of halogens is 2. The highest BCUT2D eigenvalue weighted by Crippen LogP contribution is 2.19. The number of carbonyl (C=O) groups is 1. The lowest BCUT2D eigenvalue weighted by Gasteiger charge is -2.08. The van der Waals surface area contributed by atoms with Crippen LogP contribution in [0.1, 0.15) is 19.8 Å². The normalized spacial score (nSPS) is 12.2. The molecule has 0 heterocycles. The zero-order valence-corrected chi connectivity index (χ0v) is 9.72. The van der Waals surface area contributed by atoms with Crippen molar-refractivity contribution in [3.8, 4) is 0 Å². The Kier molecular flexibility index (Phi) is 4.71. The van der Waals surface area contributed by atoms with Gasteiger partial charge in [0, 0.05) is 17.5 Å². The van der Waals surface area contributed by atoms with Crippen LogP contribution in [0.2, 0.25) is 5.02 Å². The van der Waals surface area contributed by atoms with Crippen molar-refractivity contribution in [2.45, 2.75) is 25.8 Å². The molecule has 0 aliphatic heterocycles. The molecule has 1 atom stereocenters. The van der Waals surface area contributed by atoms with E-state index in [2.05, 4.69) is 5.32 Å². The quantitative estimate of drug-likeness (QED) is 0.855. The number of nitrogens with two attached hydrogens (primary N) is 1.